The van der Waals surface area contributed by atoms with E-state index >= 15 is 0 Å². The van der Waals surface area contributed by atoms with Crippen LogP contribution in [0.25, 0.3) is 0 Å². The number of nitro benzene ring substituents is 1. The second-order valence-electron chi connectivity index (χ2n) is 7.17. The predicted octanol–water partition coefficient (Wildman–Crippen LogP) is 3.44. The third kappa shape index (κ3) is 4.51. The van der Waals surface area contributed by atoms with Crippen molar-refractivity contribution in [3.05, 3.63) is 38.3 Å². The molecule has 0 aliphatic carbocycles. The third-order valence-corrected chi connectivity index (χ3v) is 4.78. The fourth-order valence-electron chi connectivity index (χ4n) is 2.73. The average molecular weight is 428 g/mol. The zero-order chi connectivity index (χ0) is 19.6. The standard InChI is InChI=1S/C17H22BrN3O5/c1-11-10-19(16(23)26-17(2,3)4)8-9-20(11)15(22)12-6-5-7-13(14(12)18)21(24)25/h5-7,11H,8-10H2,1-4H3/t11-/m1/s1. The summed E-state index contributed by atoms with van der Waals surface area (Å²) in [6.07, 6.45) is -0.409. The number of nitro groups is 1. The molecule has 1 aliphatic heterocycles. The Morgan fingerprint density at radius 3 is 2.50 bits per heavy atom. The van der Waals surface area contributed by atoms with Gasteiger partial charge in [-0.25, -0.2) is 4.79 Å². The van der Waals surface area contributed by atoms with Crippen molar-refractivity contribution in [1.29, 1.82) is 0 Å². The first kappa shape index (κ1) is 20.2. The maximum atomic E-state index is 12.8. The number of carbonyl (C=O) groups excluding carboxylic acids is 2. The van der Waals surface area contributed by atoms with E-state index in [2.05, 4.69) is 15.9 Å². The van der Waals surface area contributed by atoms with Gasteiger partial charge in [-0.1, -0.05) is 6.07 Å². The topological polar surface area (TPSA) is 93.0 Å². The van der Waals surface area contributed by atoms with Crippen LogP contribution >= 0.6 is 15.9 Å². The lowest BCUT2D eigenvalue weighted by Gasteiger charge is -2.40. The Balaban J connectivity index is 2.13. The van der Waals surface area contributed by atoms with E-state index in [1.54, 1.807) is 36.6 Å². The molecule has 8 nitrogen and oxygen atoms in total. The molecule has 1 aromatic carbocycles. The highest BCUT2D eigenvalue weighted by Crippen LogP contribution is 2.30. The van der Waals surface area contributed by atoms with Crippen LogP contribution in [0.15, 0.2) is 22.7 Å². The molecular formula is C17H22BrN3O5. The highest BCUT2D eigenvalue weighted by Gasteiger charge is 2.33. The van der Waals surface area contributed by atoms with E-state index in [0.29, 0.717) is 19.6 Å². The smallest absolute Gasteiger partial charge is 0.410 e. The number of rotatable bonds is 2. The minimum absolute atomic E-state index is 0.157. The minimum atomic E-state index is -0.582. The quantitative estimate of drug-likeness (QED) is 0.532. The molecule has 2 amide bonds. The van der Waals surface area contributed by atoms with E-state index < -0.39 is 16.6 Å². The molecule has 0 spiro atoms. The molecule has 1 fully saturated rings. The van der Waals surface area contributed by atoms with Gasteiger partial charge in [-0.15, -0.1) is 0 Å². The van der Waals surface area contributed by atoms with Crippen LogP contribution in [-0.2, 0) is 4.74 Å². The molecular weight excluding hydrogens is 406 g/mol. The molecule has 0 bridgehead atoms. The minimum Gasteiger partial charge on any atom is -0.444 e. The summed E-state index contributed by atoms with van der Waals surface area (Å²) >= 11 is 3.16. The summed E-state index contributed by atoms with van der Waals surface area (Å²) in [6, 6.07) is 4.13. The van der Waals surface area contributed by atoms with Crippen LogP contribution in [0.2, 0.25) is 0 Å². The normalized spacial score (nSPS) is 17.8. The summed E-state index contributed by atoms with van der Waals surface area (Å²) in [5.41, 5.74) is -0.506. The second kappa shape index (κ2) is 7.61. The molecule has 1 aliphatic rings. The molecule has 0 saturated carbocycles. The van der Waals surface area contributed by atoms with Crippen molar-refractivity contribution in [2.75, 3.05) is 19.6 Å². The largest absolute Gasteiger partial charge is 0.444 e. The van der Waals surface area contributed by atoms with Crippen LogP contribution in [0.4, 0.5) is 10.5 Å². The highest BCUT2D eigenvalue weighted by atomic mass is 79.9. The van der Waals surface area contributed by atoms with Crippen LogP contribution in [0.5, 0.6) is 0 Å². The maximum absolute atomic E-state index is 12.8. The van der Waals surface area contributed by atoms with Crippen molar-refractivity contribution in [1.82, 2.24) is 9.80 Å². The molecule has 1 saturated heterocycles. The first-order chi connectivity index (χ1) is 12.0. The zero-order valence-electron chi connectivity index (χ0n) is 15.2. The van der Waals surface area contributed by atoms with E-state index in [-0.39, 0.29) is 27.7 Å². The summed E-state index contributed by atoms with van der Waals surface area (Å²) in [5.74, 6) is -0.308. The number of halogens is 1. The van der Waals surface area contributed by atoms with Gasteiger partial charge in [0.25, 0.3) is 11.6 Å². The van der Waals surface area contributed by atoms with E-state index in [4.69, 9.17) is 4.74 Å². The van der Waals surface area contributed by atoms with Crippen molar-refractivity contribution < 1.29 is 19.2 Å². The number of carbonyl (C=O) groups is 2. The SMILES string of the molecule is C[C@@H]1CN(C(=O)OC(C)(C)C)CCN1C(=O)c1cccc([N+](=O)[O-])c1Br. The third-order valence-electron chi connectivity index (χ3n) is 3.95. The van der Waals surface area contributed by atoms with E-state index in [9.17, 15) is 19.7 Å². The van der Waals surface area contributed by atoms with E-state index in [0.717, 1.165) is 0 Å². The Morgan fingerprint density at radius 1 is 1.31 bits per heavy atom. The van der Waals surface area contributed by atoms with Gasteiger partial charge in [-0.3, -0.25) is 14.9 Å². The fraction of sp³-hybridized carbons (Fsp3) is 0.529. The summed E-state index contributed by atoms with van der Waals surface area (Å²) in [6.45, 7) is 8.24. The molecule has 1 heterocycles. The van der Waals surface area contributed by atoms with Crippen molar-refractivity contribution in [3.63, 3.8) is 0 Å². The number of amides is 2. The molecule has 1 aromatic rings. The molecule has 2 rings (SSSR count). The van der Waals surface area contributed by atoms with Gasteiger partial charge in [0.15, 0.2) is 0 Å². The van der Waals surface area contributed by atoms with E-state index in [1.807, 2.05) is 6.92 Å². The van der Waals surface area contributed by atoms with Crippen LogP contribution in [0, 0.1) is 10.1 Å². The summed E-state index contributed by atoms with van der Waals surface area (Å²) in [5, 5.41) is 11.1. The Bertz CT molecular complexity index is 732. The predicted molar refractivity (Wildman–Crippen MR) is 99.1 cm³/mol. The Kier molecular flexibility index (Phi) is 5.90. The van der Waals surface area contributed by atoms with Gasteiger partial charge < -0.3 is 14.5 Å². The van der Waals surface area contributed by atoms with Gasteiger partial charge in [0.05, 0.1) is 10.5 Å². The number of piperazine rings is 1. The summed E-state index contributed by atoms with van der Waals surface area (Å²) in [7, 11) is 0. The van der Waals surface area contributed by atoms with Gasteiger partial charge in [0.1, 0.15) is 10.1 Å². The highest BCUT2D eigenvalue weighted by molar-refractivity contribution is 9.10. The van der Waals surface area contributed by atoms with Crippen molar-refractivity contribution in [3.8, 4) is 0 Å². The molecule has 9 heteroatoms. The lowest BCUT2D eigenvalue weighted by Crippen LogP contribution is -2.56. The van der Waals surface area contributed by atoms with Gasteiger partial charge >= 0.3 is 6.09 Å². The molecule has 0 aromatic heterocycles. The van der Waals surface area contributed by atoms with Crippen LogP contribution in [-0.4, -0.2) is 58.0 Å². The van der Waals surface area contributed by atoms with Crippen molar-refractivity contribution in [2.24, 2.45) is 0 Å². The number of hydrogen-bond acceptors (Lipinski definition) is 5. The molecule has 1 atom stereocenters. The van der Waals surface area contributed by atoms with Gasteiger partial charge in [0, 0.05) is 31.7 Å². The second-order valence-corrected chi connectivity index (χ2v) is 7.96. The van der Waals surface area contributed by atoms with Crippen molar-refractivity contribution in [2.45, 2.75) is 39.3 Å². The lowest BCUT2D eigenvalue weighted by atomic mass is 10.1. The fourth-order valence-corrected chi connectivity index (χ4v) is 3.31. The summed E-state index contributed by atoms with van der Waals surface area (Å²) < 4.78 is 5.53. The Hall–Kier alpha value is -2.16. The molecule has 0 N–H and O–H groups in total. The van der Waals surface area contributed by atoms with Crippen LogP contribution in [0.1, 0.15) is 38.1 Å². The van der Waals surface area contributed by atoms with Gasteiger partial charge in [-0.05, 0) is 49.7 Å². The average Bonchev–Trinajstić information content (AvgIpc) is 2.52. The molecule has 0 unspecified atom stereocenters. The summed E-state index contributed by atoms with van der Waals surface area (Å²) in [4.78, 5) is 38.8. The van der Waals surface area contributed by atoms with E-state index in [1.165, 1.54) is 12.1 Å². The number of ether oxygens (including phenoxy) is 1. The van der Waals surface area contributed by atoms with Crippen molar-refractivity contribution >= 4 is 33.6 Å². The Labute approximate surface area is 160 Å². The zero-order valence-corrected chi connectivity index (χ0v) is 16.8. The number of benzene rings is 1. The molecule has 26 heavy (non-hydrogen) atoms. The van der Waals surface area contributed by atoms with Crippen LogP contribution < -0.4 is 0 Å². The molecule has 142 valence electrons. The Morgan fingerprint density at radius 2 is 1.96 bits per heavy atom. The lowest BCUT2D eigenvalue weighted by molar-refractivity contribution is -0.385. The molecule has 0 radical (unpaired) electrons. The van der Waals surface area contributed by atoms with Crippen LogP contribution in [0.3, 0.4) is 0 Å². The number of nitrogens with zero attached hydrogens (tertiary/aromatic N) is 3. The van der Waals surface area contributed by atoms with Gasteiger partial charge in [-0.2, -0.15) is 0 Å². The monoisotopic (exact) mass is 427 g/mol. The van der Waals surface area contributed by atoms with Gasteiger partial charge in [0.2, 0.25) is 0 Å². The number of hydrogen-bond donors (Lipinski definition) is 0. The maximum Gasteiger partial charge on any atom is 0.410 e. The first-order valence-electron chi connectivity index (χ1n) is 8.23. The first-order valence-corrected chi connectivity index (χ1v) is 9.02.